The number of hydrogen-bond acceptors (Lipinski definition) is 1. The van der Waals surface area contributed by atoms with Gasteiger partial charge in [0.25, 0.3) is 5.91 Å². The van der Waals surface area contributed by atoms with Crippen LogP contribution in [0.15, 0.2) is 48.5 Å². The highest BCUT2D eigenvalue weighted by Crippen LogP contribution is 2.17. The van der Waals surface area contributed by atoms with Crippen molar-refractivity contribution >= 4 is 16.8 Å². The Bertz CT molecular complexity index is 802. The van der Waals surface area contributed by atoms with Crippen molar-refractivity contribution in [2.75, 3.05) is 0 Å². The summed E-state index contributed by atoms with van der Waals surface area (Å²) < 4.78 is 0. The molecule has 0 radical (unpaired) electrons. The number of amides is 1. The van der Waals surface area contributed by atoms with Gasteiger partial charge in [-0.3, -0.25) is 4.79 Å². The molecule has 2 aromatic carbocycles. The number of hydrogen-bond donors (Lipinski definition) is 2. The first-order valence-electron chi connectivity index (χ1n) is 7.05. The molecular weight excluding hydrogens is 260 g/mol. The van der Waals surface area contributed by atoms with E-state index in [1.807, 2.05) is 56.3 Å². The molecule has 1 amide bonds. The largest absolute Gasteiger partial charge is 0.351 e. The number of fused-ring (bicyclic) bond motifs is 1. The Hall–Kier alpha value is -2.55. The van der Waals surface area contributed by atoms with E-state index in [4.69, 9.17) is 0 Å². The molecule has 21 heavy (non-hydrogen) atoms. The maximum atomic E-state index is 12.2. The lowest BCUT2D eigenvalue weighted by molar-refractivity contribution is 0.0946. The molecule has 0 bridgehead atoms. The van der Waals surface area contributed by atoms with Gasteiger partial charge in [0.15, 0.2) is 0 Å². The van der Waals surface area contributed by atoms with Gasteiger partial charge in [-0.2, -0.15) is 0 Å². The Kier molecular flexibility index (Phi) is 3.48. The van der Waals surface area contributed by atoms with Crippen LogP contribution in [0.2, 0.25) is 0 Å². The van der Waals surface area contributed by atoms with Crippen LogP contribution in [-0.2, 0) is 6.54 Å². The van der Waals surface area contributed by atoms with Gasteiger partial charge in [0.05, 0.1) is 0 Å². The summed E-state index contributed by atoms with van der Waals surface area (Å²) in [4.78, 5) is 15.4. The zero-order chi connectivity index (χ0) is 14.8. The highest BCUT2D eigenvalue weighted by molar-refractivity contribution is 5.98. The summed E-state index contributed by atoms with van der Waals surface area (Å²) in [5.74, 6) is -0.0768. The third-order valence-electron chi connectivity index (χ3n) is 3.72. The van der Waals surface area contributed by atoms with Crippen LogP contribution in [0, 0.1) is 13.8 Å². The average Bonchev–Trinajstić information content (AvgIpc) is 2.89. The van der Waals surface area contributed by atoms with Crippen molar-refractivity contribution in [1.82, 2.24) is 10.3 Å². The second-order valence-electron chi connectivity index (χ2n) is 5.38. The van der Waals surface area contributed by atoms with Gasteiger partial charge < -0.3 is 10.3 Å². The number of carbonyl (C=O) groups excluding carboxylic acids is 1. The van der Waals surface area contributed by atoms with E-state index in [0.717, 1.165) is 16.5 Å². The average molecular weight is 278 g/mol. The van der Waals surface area contributed by atoms with Gasteiger partial charge in [-0.1, -0.05) is 35.9 Å². The molecule has 0 fully saturated rings. The van der Waals surface area contributed by atoms with Gasteiger partial charge in [0.1, 0.15) is 5.69 Å². The summed E-state index contributed by atoms with van der Waals surface area (Å²) in [6.07, 6.45) is 0. The first kappa shape index (κ1) is 13.4. The minimum atomic E-state index is -0.0768. The molecule has 0 atom stereocenters. The molecule has 0 aliphatic heterocycles. The summed E-state index contributed by atoms with van der Waals surface area (Å²) >= 11 is 0. The molecule has 3 aromatic rings. The fourth-order valence-electron chi connectivity index (χ4n) is 2.45. The van der Waals surface area contributed by atoms with E-state index in [2.05, 4.69) is 16.4 Å². The summed E-state index contributed by atoms with van der Waals surface area (Å²) in [6.45, 7) is 4.64. The normalized spacial score (nSPS) is 10.8. The van der Waals surface area contributed by atoms with E-state index >= 15 is 0 Å². The summed E-state index contributed by atoms with van der Waals surface area (Å²) in [7, 11) is 0. The minimum Gasteiger partial charge on any atom is -0.351 e. The third-order valence-corrected chi connectivity index (χ3v) is 3.72. The number of benzene rings is 2. The fourth-order valence-corrected chi connectivity index (χ4v) is 2.45. The Morgan fingerprint density at radius 3 is 2.71 bits per heavy atom. The molecular formula is C18H18N2O. The van der Waals surface area contributed by atoms with Crippen molar-refractivity contribution in [3.63, 3.8) is 0 Å². The number of rotatable bonds is 3. The van der Waals surface area contributed by atoms with Crippen molar-refractivity contribution in [3.05, 3.63) is 70.9 Å². The lowest BCUT2D eigenvalue weighted by Gasteiger charge is -2.06. The molecule has 2 N–H and O–H groups in total. The molecule has 1 aromatic heterocycles. The smallest absolute Gasteiger partial charge is 0.267 e. The van der Waals surface area contributed by atoms with Gasteiger partial charge >= 0.3 is 0 Å². The third kappa shape index (κ3) is 2.82. The predicted octanol–water partition coefficient (Wildman–Crippen LogP) is 3.71. The number of aromatic nitrogens is 1. The van der Waals surface area contributed by atoms with E-state index in [-0.39, 0.29) is 5.91 Å². The van der Waals surface area contributed by atoms with Crippen LogP contribution in [0.25, 0.3) is 10.9 Å². The maximum absolute atomic E-state index is 12.2. The number of aromatic amines is 1. The van der Waals surface area contributed by atoms with Crippen LogP contribution < -0.4 is 5.32 Å². The van der Waals surface area contributed by atoms with Crippen molar-refractivity contribution in [2.24, 2.45) is 0 Å². The first-order chi connectivity index (χ1) is 10.1. The molecule has 3 heteroatoms. The van der Waals surface area contributed by atoms with Crippen LogP contribution in [0.5, 0.6) is 0 Å². The number of carbonyl (C=O) groups is 1. The topological polar surface area (TPSA) is 44.9 Å². The number of H-pyrrole nitrogens is 1. The van der Waals surface area contributed by atoms with Gasteiger partial charge in [-0.15, -0.1) is 0 Å². The van der Waals surface area contributed by atoms with Gasteiger partial charge in [-0.25, -0.2) is 0 Å². The van der Waals surface area contributed by atoms with Crippen LogP contribution >= 0.6 is 0 Å². The monoisotopic (exact) mass is 278 g/mol. The van der Waals surface area contributed by atoms with Crippen molar-refractivity contribution in [2.45, 2.75) is 20.4 Å². The van der Waals surface area contributed by atoms with Crippen molar-refractivity contribution in [1.29, 1.82) is 0 Å². The minimum absolute atomic E-state index is 0.0768. The Balaban J connectivity index is 1.76. The van der Waals surface area contributed by atoms with E-state index in [1.165, 1.54) is 11.1 Å². The number of nitrogens with one attached hydrogen (secondary N) is 2. The van der Waals surface area contributed by atoms with Gasteiger partial charge in [-0.05, 0) is 43.2 Å². The molecule has 0 spiro atoms. The molecule has 0 aliphatic rings. The zero-order valence-electron chi connectivity index (χ0n) is 12.2. The zero-order valence-corrected chi connectivity index (χ0v) is 12.2. The standard InChI is InChI=1S/C18H18N2O/c1-12-7-8-16-15(9-12)10-17(20-16)18(21)19-11-14-6-4-3-5-13(14)2/h3-10,20H,11H2,1-2H3,(H,19,21). The first-order valence-corrected chi connectivity index (χ1v) is 7.05. The molecule has 3 nitrogen and oxygen atoms in total. The maximum Gasteiger partial charge on any atom is 0.267 e. The highest BCUT2D eigenvalue weighted by atomic mass is 16.1. The molecule has 0 saturated carbocycles. The molecule has 0 unspecified atom stereocenters. The molecule has 106 valence electrons. The highest BCUT2D eigenvalue weighted by Gasteiger charge is 2.09. The van der Waals surface area contributed by atoms with Crippen LogP contribution in [0.4, 0.5) is 0 Å². The van der Waals surface area contributed by atoms with E-state index < -0.39 is 0 Å². The van der Waals surface area contributed by atoms with Crippen molar-refractivity contribution < 1.29 is 4.79 Å². The predicted molar refractivity (Wildman–Crippen MR) is 85.4 cm³/mol. The SMILES string of the molecule is Cc1ccc2[nH]c(C(=O)NCc3ccccc3C)cc2c1. The molecule has 1 heterocycles. The fraction of sp³-hybridized carbons (Fsp3) is 0.167. The second-order valence-corrected chi connectivity index (χ2v) is 5.38. The van der Waals surface area contributed by atoms with Gasteiger partial charge in [0.2, 0.25) is 0 Å². The molecule has 0 aliphatic carbocycles. The summed E-state index contributed by atoms with van der Waals surface area (Å²) in [5, 5.41) is 4.03. The van der Waals surface area contributed by atoms with E-state index in [9.17, 15) is 4.79 Å². The van der Waals surface area contributed by atoms with E-state index in [1.54, 1.807) is 0 Å². The number of aryl methyl sites for hydroxylation is 2. The van der Waals surface area contributed by atoms with E-state index in [0.29, 0.717) is 12.2 Å². The lowest BCUT2D eigenvalue weighted by atomic mass is 10.1. The lowest BCUT2D eigenvalue weighted by Crippen LogP contribution is -2.23. The summed E-state index contributed by atoms with van der Waals surface area (Å²) in [6, 6.07) is 16.1. The molecule has 0 saturated heterocycles. The molecule has 3 rings (SSSR count). The van der Waals surface area contributed by atoms with Gasteiger partial charge in [0, 0.05) is 17.4 Å². The van der Waals surface area contributed by atoms with Crippen LogP contribution in [-0.4, -0.2) is 10.9 Å². The Labute approximate surface area is 124 Å². The Morgan fingerprint density at radius 1 is 1.10 bits per heavy atom. The van der Waals surface area contributed by atoms with Crippen LogP contribution in [0.1, 0.15) is 27.2 Å². The Morgan fingerprint density at radius 2 is 1.90 bits per heavy atom. The summed E-state index contributed by atoms with van der Waals surface area (Å²) in [5.41, 5.74) is 5.10. The van der Waals surface area contributed by atoms with Crippen molar-refractivity contribution in [3.8, 4) is 0 Å². The van der Waals surface area contributed by atoms with Crippen LogP contribution in [0.3, 0.4) is 0 Å². The second kappa shape index (κ2) is 5.44. The quantitative estimate of drug-likeness (QED) is 0.753.